The van der Waals surface area contributed by atoms with Crippen LogP contribution in [-0.4, -0.2) is 23.0 Å². The third-order valence-corrected chi connectivity index (χ3v) is 2.87. The first-order valence-corrected chi connectivity index (χ1v) is 3.94. The first-order valence-electron chi connectivity index (χ1n) is 3.94. The van der Waals surface area contributed by atoms with Gasteiger partial charge >= 0.3 is 0 Å². The summed E-state index contributed by atoms with van der Waals surface area (Å²) in [4.78, 5) is 2.43. The second-order valence-corrected chi connectivity index (χ2v) is 4.43. The normalized spacial score (nSPS) is 25.8. The molecule has 1 aliphatic rings. The number of rotatable bonds is 0. The van der Waals surface area contributed by atoms with Gasteiger partial charge in [0.2, 0.25) is 0 Å². The van der Waals surface area contributed by atoms with Gasteiger partial charge in [-0.1, -0.05) is 13.8 Å². The molecule has 1 fully saturated rings. The van der Waals surface area contributed by atoms with Crippen molar-refractivity contribution in [2.75, 3.05) is 7.05 Å². The van der Waals surface area contributed by atoms with Crippen molar-refractivity contribution < 1.29 is 52.2 Å². The second-order valence-electron chi connectivity index (χ2n) is 4.43. The van der Waals surface area contributed by atoms with Crippen LogP contribution in [0.3, 0.4) is 0 Å². The van der Waals surface area contributed by atoms with E-state index in [9.17, 15) is 0 Å². The largest absolute Gasteiger partial charge is 0.328 e. The van der Waals surface area contributed by atoms with Gasteiger partial charge in [0, 0.05) is 52.2 Å². The summed E-state index contributed by atoms with van der Waals surface area (Å²) in [6.45, 7) is 9.11. The first-order chi connectivity index (χ1) is 4.36. The van der Waals surface area contributed by atoms with E-state index in [1.54, 1.807) is 0 Å². The summed E-state index contributed by atoms with van der Waals surface area (Å²) in [6, 6.07) is 0. The molecule has 3 heteroatoms. The molecule has 0 radical (unpaired) electrons. The maximum absolute atomic E-state index is 2.43. The van der Waals surface area contributed by atoms with Gasteiger partial charge in [0.15, 0.2) is 0 Å². The molecular weight excluding hydrogens is 544 g/mol. The Morgan fingerprint density at radius 3 is 1.67 bits per heavy atom. The summed E-state index contributed by atoms with van der Waals surface area (Å²) >= 11 is 0. The molecule has 0 aromatic carbocycles. The van der Waals surface area contributed by atoms with Crippen molar-refractivity contribution in [1.29, 1.82) is 0 Å². The summed E-state index contributed by atoms with van der Waals surface area (Å²) in [5.74, 6) is 0. The zero-order valence-corrected chi connectivity index (χ0v) is 15.7. The molecule has 0 atom stereocenters. The van der Waals surface area contributed by atoms with Crippen LogP contribution < -0.4 is 0 Å². The molecule has 0 aromatic heterocycles. The number of hydrogen-bond acceptors (Lipinski definition) is 1. The predicted molar refractivity (Wildman–Crippen MR) is 44.8 cm³/mol. The van der Waals surface area contributed by atoms with E-state index in [1.165, 1.54) is 6.42 Å². The third-order valence-electron chi connectivity index (χ3n) is 2.87. The summed E-state index contributed by atoms with van der Waals surface area (Å²) < 4.78 is 0. The van der Waals surface area contributed by atoms with Crippen LogP contribution in [0.2, 0.25) is 0 Å². The van der Waals surface area contributed by atoms with Crippen LogP contribution >= 0.6 is 0 Å². The smallest absolute Gasteiger partial charge is 0 e. The van der Waals surface area contributed by atoms with Gasteiger partial charge in [0.1, 0.15) is 0 Å². The van der Waals surface area contributed by atoms with Crippen LogP contribution in [-0.2, 0) is 21.1 Å². The van der Waals surface area contributed by atoms with Crippen molar-refractivity contribution in [1.82, 2.24) is 4.90 Å². The van der Waals surface area contributed by atoms with E-state index in [0.29, 0.717) is 11.1 Å². The summed E-state index contributed by atoms with van der Waals surface area (Å²) in [6.07, 6.45) is 3.60. The van der Waals surface area contributed by atoms with E-state index in [2.05, 4.69) is 46.1 Å². The molecule has 0 unspecified atom stereocenters. The van der Waals surface area contributed by atoms with Crippen molar-refractivity contribution in [3.8, 4) is 0 Å². The standard InChI is InChI=1S/C9H18N.U.W/c1-8(2)6-7-9(3,4)10(8)5;;/h6H,7H2,1-5H3;;/q-1;;. The molecule has 1 rings (SSSR count). The average molecular weight is 562 g/mol. The summed E-state index contributed by atoms with van der Waals surface area (Å²) in [5.41, 5.74) is 0.660. The summed E-state index contributed by atoms with van der Waals surface area (Å²) in [7, 11) is 2.20. The van der Waals surface area contributed by atoms with E-state index in [0.717, 1.165) is 0 Å². The molecule has 1 aliphatic heterocycles. The van der Waals surface area contributed by atoms with Gasteiger partial charge in [-0.15, -0.1) is 5.54 Å². The quantitative estimate of drug-likeness (QED) is 0.410. The SMILES string of the molecule is CN1C(C)(C)[CH-]CC1(C)C.[U].[W]. The molecule has 1 heterocycles. The Morgan fingerprint density at radius 1 is 1.17 bits per heavy atom. The zero-order valence-electron chi connectivity index (χ0n) is 8.64. The predicted octanol–water partition coefficient (Wildman–Crippen LogP) is 2.08. The fourth-order valence-corrected chi connectivity index (χ4v) is 1.55. The monoisotopic (exact) mass is 562 g/mol. The minimum Gasteiger partial charge on any atom is -0.328 e. The van der Waals surface area contributed by atoms with Crippen molar-refractivity contribution in [2.45, 2.75) is 45.2 Å². The Kier molecular flexibility index (Phi) is 6.69. The van der Waals surface area contributed by atoms with Crippen molar-refractivity contribution in [3.05, 3.63) is 6.42 Å². The molecule has 0 aromatic rings. The third kappa shape index (κ3) is 3.13. The molecular formula is C9H18NUW-. The molecule has 0 spiro atoms. The second kappa shape index (κ2) is 4.97. The van der Waals surface area contributed by atoms with E-state index < -0.39 is 0 Å². The Labute approximate surface area is 115 Å². The van der Waals surface area contributed by atoms with Crippen LogP contribution in [0.25, 0.3) is 0 Å². The van der Waals surface area contributed by atoms with Gasteiger partial charge in [-0.25, -0.2) is 0 Å². The van der Waals surface area contributed by atoms with Gasteiger partial charge < -0.3 is 11.3 Å². The Balaban J connectivity index is 0. The molecule has 0 amide bonds. The van der Waals surface area contributed by atoms with Crippen LogP contribution in [0.4, 0.5) is 0 Å². The van der Waals surface area contributed by atoms with E-state index >= 15 is 0 Å². The molecule has 1 nitrogen and oxygen atoms in total. The zero-order chi connectivity index (χ0) is 7.99. The minimum absolute atomic E-state index is 0. The molecule has 0 aliphatic carbocycles. The maximum atomic E-state index is 2.43. The molecule has 0 bridgehead atoms. The summed E-state index contributed by atoms with van der Waals surface area (Å²) in [5, 5.41) is 0. The number of likely N-dealkylation sites (tertiary alicyclic amines) is 1. The maximum Gasteiger partial charge on any atom is 0 e. The van der Waals surface area contributed by atoms with Crippen LogP contribution in [0.1, 0.15) is 34.1 Å². The van der Waals surface area contributed by atoms with Gasteiger partial charge in [0.25, 0.3) is 0 Å². The van der Waals surface area contributed by atoms with Gasteiger partial charge in [-0.3, -0.25) is 0 Å². The Bertz CT molecular complexity index is 129. The van der Waals surface area contributed by atoms with Gasteiger partial charge in [-0.05, 0) is 26.4 Å². The van der Waals surface area contributed by atoms with Crippen LogP contribution in [0.15, 0.2) is 0 Å². The van der Waals surface area contributed by atoms with Crippen molar-refractivity contribution in [3.63, 3.8) is 0 Å². The molecule has 70 valence electrons. The topological polar surface area (TPSA) is 3.24 Å². The van der Waals surface area contributed by atoms with Crippen LogP contribution in [0, 0.1) is 37.5 Å². The van der Waals surface area contributed by atoms with E-state index in [-0.39, 0.29) is 52.2 Å². The molecule has 0 saturated carbocycles. The number of nitrogens with zero attached hydrogens (tertiary/aromatic N) is 1. The van der Waals surface area contributed by atoms with Crippen molar-refractivity contribution >= 4 is 0 Å². The Morgan fingerprint density at radius 2 is 1.58 bits per heavy atom. The van der Waals surface area contributed by atoms with Crippen molar-refractivity contribution in [2.24, 2.45) is 0 Å². The Hall–Kier alpha value is 1.70. The fourth-order valence-electron chi connectivity index (χ4n) is 1.55. The molecule has 0 N–H and O–H groups in total. The van der Waals surface area contributed by atoms with Gasteiger partial charge in [-0.2, -0.15) is 6.42 Å². The first kappa shape index (κ1) is 16.1. The van der Waals surface area contributed by atoms with Crippen LogP contribution in [0.5, 0.6) is 0 Å². The number of hydrogen-bond donors (Lipinski definition) is 0. The molecule has 1 saturated heterocycles. The minimum atomic E-state index is 0. The fraction of sp³-hybridized carbons (Fsp3) is 0.889. The average Bonchev–Trinajstić information content (AvgIpc) is 1.95. The van der Waals surface area contributed by atoms with E-state index in [1.807, 2.05) is 0 Å². The van der Waals surface area contributed by atoms with Gasteiger partial charge in [0.05, 0.1) is 0 Å². The molecule has 12 heavy (non-hydrogen) atoms. The van der Waals surface area contributed by atoms with E-state index in [4.69, 9.17) is 0 Å².